The summed E-state index contributed by atoms with van der Waals surface area (Å²) in [6.07, 6.45) is -0.445. The second-order valence-corrected chi connectivity index (χ2v) is 19.3. The van der Waals surface area contributed by atoms with Crippen LogP contribution in [0.1, 0.15) is 44.2 Å². The topological polar surface area (TPSA) is 172 Å². The van der Waals surface area contributed by atoms with Crippen LogP contribution in [0, 0.1) is 16.0 Å². The molecule has 3 N–H and O–H groups in total. The Balaban J connectivity index is 1.44. The number of nitrogens with one attached hydrogen (secondary N) is 1. The largest absolute Gasteiger partial charge is 0.497 e. The van der Waals surface area contributed by atoms with Gasteiger partial charge in [-0.05, 0) is 61.2 Å². The molecule has 3 aliphatic rings. The number of aliphatic hydroxyl groups is 2. The Morgan fingerprint density at radius 3 is 2.54 bits per heavy atom. The normalized spacial score (nSPS) is 24.6. The van der Waals surface area contributed by atoms with E-state index in [9.17, 15) is 29.9 Å². The maximum Gasteiger partial charge on any atom is 0.269 e. The third-order valence-corrected chi connectivity index (χ3v) is 15.6. The Morgan fingerprint density at radius 1 is 1.15 bits per heavy atom. The molecule has 0 unspecified atom stereocenters. The minimum Gasteiger partial charge on any atom is -0.497 e. The van der Waals surface area contributed by atoms with Gasteiger partial charge < -0.3 is 34.8 Å². The first kappa shape index (κ1) is 37.1. The molecule has 2 saturated heterocycles. The van der Waals surface area contributed by atoms with Gasteiger partial charge >= 0.3 is 0 Å². The van der Waals surface area contributed by atoms with E-state index in [1.807, 2.05) is 31.2 Å². The summed E-state index contributed by atoms with van der Waals surface area (Å²) in [5.41, 5.74) is -0.140. The molecule has 3 aliphatic heterocycles. The molecular weight excluding hydrogens is 685 g/mol. The summed E-state index contributed by atoms with van der Waals surface area (Å²) >= 11 is 0. The molecule has 6 rings (SSSR count). The lowest BCUT2D eigenvalue weighted by Crippen LogP contribution is -2.52. The summed E-state index contributed by atoms with van der Waals surface area (Å²) in [5.74, 6) is -0.922. The lowest BCUT2D eigenvalue weighted by atomic mass is 9.82. The van der Waals surface area contributed by atoms with E-state index >= 15 is 4.79 Å². The Bertz CT molecular complexity index is 1870. The van der Waals surface area contributed by atoms with Crippen LogP contribution in [0.5, 0.6) is 5.75 Å². The first-order valence-corrected chi connectivity index (χ1v) is 20.7. The Morgan fingerprint density at radius 2 is 1.88 bits per heavy atom. The number of fused-ring (bicyclic) bond motifs is 2. The van der Waals surface area contributed by atoms with Crippen LogP contribution in [0.15, 0.2) is 66.7 Å². The van der Waals surface area contributed by atoms with E-state index < -0.39 is 42.6 Å². The molecule has 3 aromatic carbocycles. The van der Waals surface area contributed by atoms with Gasteiger partial charge in [0.25, 0.3) is 17.5 Å². The number of nitro benzene ring substituents is 1. The van der Waals surface area contributed by atoms with E-state index in [4.69, 9.17) is 9.47 Å². The van der Waals surface area contributed by atoms with E-state index in [1.165, 1.54) is 19.1 Å². The maximum absolute atomic E-state index is 15.1. The number of hydrogen-bond donors (Lipinski definition) is 3. The van der Waals surface area contributed by atoms with Gasteiger partial charge in [0.1, 0.15) is 11.9 Å². The van der Waals surface area contributed by atoms with Crippen LogP contribution < -0.4 is 20.1 Å². The van der Waals surface area contributed by atoms with Gasteiger partial charge in [-0.25, -0.2) is 0 Å². The second-order valence-electron chi connectivity index (χ2n) is 14.6. The van der Waals surface area contributed by atoms with E-state index in [2.05, 4.69) is 18.4 Å². The van der Waals surface area contributed by atoms with E-state index in [1.54, 1.807) is 47.2 Å². The molecule has 3 heterocycles. The molecule has 0 aromatic heterocycles. The van der Waals surface area contributed by atoms with Gasteiger partial charge in [-0.3, -0.25) is 24.5 Å². The van der Waals surface area contributed by atoms with Crippen molar-refractivity contribution in [1.82, 2.24) is 4.90 Å². The average Bonchev–Trinajstić information content (AvgIpc) is 3.78. The highest BCUT2D eigenvalue weighted by Crippen LogP contribution is 2.60. The number of carbonyl (C=O) groups excluding carboxylic acids is 3. The fourth-order valence-corrected chi connectivity index (χ4v) is 12.6. The Kier molecular flexibility index (Phi) is 10.3. The zero-order valence-corrected chi connectivity index (χ0v) is 31.1. The maximum atomic E-state index is 15.1. The molecule has 1 spiro atoms. The molecule has 14 heteroatoms. The van der Waals surface area contributed by atoms with Gasteiger partial charge in [0.05, 0.1) is 57.5 Å². The van der Waals surface area contributed by atoms with Crippen LogP contribution in [-0.2, 0) is 31.3 Å². The summed E-state index contributed by atoms with van der Waals surface area (Å²) in [5, 5.41) is 35.6. The number of hydrogen-bond acceptors (Lipinski definition) is 9. The number of rotatable bonds is 11. The van der Waals surface area contributed by atoms with Crippen molar-refractivity contribution >= 4 is 48.0 Å². The molecular formula is C38H46N4O9Si. The summed E-state index contributed by atoms with van der Waals surface area (Å²) in [4.78, 5) is 56.2. The number of methoxy groups -OCH3 is 1. The Labute approximate surface area is 303 Å². The van der Waals surface area contributed by atoms with Crippen LogP contribution in [0.3, 0.4) is 0 Å². The lowest BCUT2D eigenvalue weighted by Gasteiger charge is -2.37. The van der Waals surface area contributed by atoms with Crippen LogP contribution >= 0.6 is 0 Å². The number of nitro groups is 1. The van der Waals surface area contributed by atoms with Crippen molar-refractivity contribution in [3.8, 4) is 5.75 Å². The van der Waals surface area contributed by atoms with Gasteiger partial charge in [-0.1, -0.05) is 49.5 Å². The van der Waals surface area contributed by atoms with E-state index in [0.29, 0.717) is 41.2 Å². The number of anilines is 2. The molecule has 2 fully saturated rings. The number of aliphatic hydroxyl groups excluding tert-OH is 2. The van der Waals surface area contributed by atoms with Crippen LogP contribution in [0.4, 0.5) is 17.1 Å². The predicted molar refractivity (Wildman–Crippen MR) is 197 cm³/mol. The van der Waals surface area contributed by atoms with Crippen molar-refractivity contribution in [3.63, 3.8) is 0 Å². The van der Waals surface area contributed by atoms with Crippen molar-refractivity contribution in [3.05, 3.63) is 88.0 Å². The van der Waals surface area contributed by atoms with Gasteiger partial charge in [0.2, 0.25) is 5.91 Å². The van der Waals surface area contributed by atoms with Crippen molar-refractivity contribution < 1.29 is 39.0 Å². The highest BCUT2D eigenvalue weighted by atomic mass is 28.3. The second kappa shape index (κ2) is 14.4. The average molecular weight is 731 g/mol. The molecule has 52 heavy (non-hydrogen) atoms. The highest BCUT2D eigenvalue weighted by molar-refractivity contribution is 6.91. The monoisotopic (exact) mass is 730 g/mol. The highest BCUT2D eigenvalue weighted by Gasteiger charge is 2.67. The van der Waals surface area contributed by atoms with Crippen LogP contribution in [0.2, 0.25) is 18.6 Å². The minimum atomic E-state index is -2.61. The van der Waals surface area contributed by atoms with Crippen molar-refractivity contribution in [1.29, 1.82) is 0 Å². The van der Waals surface area contributed by atoms with E-state index in [-0.39, 0.29) is 48.7 Å². The lowest BCUT2D eigenvalue weighted by molar-refractivity contribution is -0.385. The van der Waals surface area contributed by atoms with Gasteiger partial charge in [0, 0.05) is 35.8 Å². The molecule has 0 bridgehead atoms. The molecule has 13 nitrogen and oxygen atoms in total. The minimum absolute atomic E-state index is 0.0115. The number of likely N-dealkylation sites (tertiary alicyclic amines) is 1. The van der Waals surface area contributed by atoms with Gasteiger partial charge in [-0.2, -0.15) is 0 Å². The third-order valence-electron chi connectivity index (χ3n) is 11.2. The molecule has 3 aromatic rings. The summed E-state index contributed by atoms with van der Waals surface area (Å²) < 4.78 is 12.5. The first-order valence-electron chi connectivity index (χ1n) is 17.6. The van der Waals surface area contributed by atoms with Crippen molar-refractivity contribution in [2.75, 3.05) is 30.5 Å². The fourth-order valence-electron chi connectivity index (χ4n) is 8.59. The summed E-state index contributed by atoms with van der Waals surface area (Å²) in [6, 6.07) is 18.8. The zero-order valence-electron chi connectivity index (χ0n) is 30.1. The van der Waals surface area contributed by atoms with Gasteiger partial charge in [0.15, 0.2) is 5.60 Å². The molecule has 0 saturated carbocycles. The third kappa shape index (κ3) is 6.48. The SMILES string of the molecule is COc1ccc([Si](C)(C)[C@@H]2[C@@H](CC(=O)N3CCC[C@H]3CO)O[C@]3(C(=O)N(Cc4cccc(NC(=O)[C@H](C)O)c4)c4ccc([N+](=O)[O-])cc43)[C@H]2C)cc1. The predicted octanol–water partition coefficient (Wildman–Crippen LogP) is 4.06. The number of carbonyl (C=O) groups is 3. The molecule has 6 atom stereocenters. The molecule has 276 valence electrons. The van der Waals surface area contributed by atoms with Crippen LogP contribution in [-0.4, -0.2) is 84.3 Å². The molecule has 0 aliphatic carbocycles. The molecule has 0 radical (unpaired) electrons. The quantitative estimate of drug-likeness (QED) is 0.150. The smallest absolute Gasteiger partial charge is 0.269 e. The number of amides is 3. The van der Waals surface area contributed by atoms with Crippen molar-refractivity contribution in [2.45, 2.75) is 82.1 Å². The molecule has 3 amide bonds. The first-order chi connectivity index (χ1) is 24.7. The number of benzene rings is 3. The standard InChI is InChI=1S/C38H46N4O9Si/c1-23-35(52(4,5)30-14-12-29(50-3)13-15-30)33(20-34(45)40-17-7-10-28(40)22-43)51-38(23)31-19-27(42(48)49)11-16-32(31)41(37(38)47)21-25-8-6-9-26(18-25)39-36(46)24(2)44/h6,8-9,11-16,18-19,23-24,28,33,35,43-44H,7,10,17,20-22H2,1-5H3,(H,39,46)/t23-,24-,28-,33+,35-,38+/m0/s1. The van der Waals surface area contributed by atoms with Gasteiger partial charge in [-0.15, -0.1) is 0 Å². The van der Waals surface area contributed by atoms with E-state index in [0.717, 1.165) is 11.6 Å². The zero-order chi connectivity index (χ0) is 37.5. The van der Waals surface area contributed by atoms with Crippen molar-refractivity contribution in [2.24, 2.45) is 5.92 Å². The number of non-ortho nitro benzene ring substituents is 1. The van der Waals surface area contributed by atoms with Crippen LogP contribution in [0.25, 0.3) is 0 Å². The Hall–Kier alpha value is -4.63. The summed E-state index contributed by atoms with van der Waals surface area (Å²) in [7, 11) is -1.01. The summed E-state index contributed by atoms with van der Waals surface area (Å²) in [6.45, 7) is 8.17. The number of nitrogens with zero attached hydrogens (tertiary/aromatic N) is 3. The number of ether oxygens (including phenoxy) is 2. The fraction of sp³-hybridized carbons (Fsp3) is 0.447.